The molecule has 0 saturated carbocycles. The van der Waals surface area contributed by atoms with Crippen LogP contribution >= 0.6 is 0 Å². The molecule has 2 rings (SSSR count). The van der Waals surface area contributed by atoms with Gasteiger partial charge in [0.25, 0.3) is 0 Å². The topological polar surface area (TPSA) is 148 Å². The van der Waals surface area contributed by atoms with Crippen molar-refractivity contribution in [3.63, 3.8) is 0 Å². The molecule has 0 radical (unpaired) electrons. The van der Waals surface area contributed by atoms with Gasteiger partial charge in [0.2, 0.25) is 0 Å². The van der Waals surface area contributed by atoms with Crippen molar-refractivity contribution in [3.8, 4) is 0 Å². The van der Waals surface area contributed by atoms with Crippen LogP contribution in [-0.2, 0) is 34.4 Å². The van der Waals surface area contributed by atoms with E-state index in [0.717, 1.165) is 15.2 Å². The zero-order chi connectivity index (χ0) is 17.9. The van der Waals surface area contributed by atoms with Crippen molar-refractivity contribution in [2.75, 3.05) is 0 Å². The molecule has 0 aromatic carbocycles. The van der Waals surface area contributed by atoms with E-state index in [1.807, 2.05) is 56.4 Å². The molecule has 0 fully saturated rings. The van der Waals surface area contributed by atoms with E-state index >= 15 is 0 Å². The first-order chi connectivity index (χ1) is 11.1. The van der Waals surface area contributed by atoms with Crippen LogP contribution in [-0.4, -0.2) is 33.0 Å². The van der Waals surface area contributed by atoms with E-state index in [1.54, 1.807) is 12.4 Å². The number of carbonyl (C=O) groups is 3. The maximum absolute atomic E-state index is 8.47. The Balaban J connectivity index is 0. The van der Waals surface area contributed by atoms with Crippen LogP contribution in [0.15, 0.2) is 48.8 Å². The molecule has 0 aliphatic carbocycles. The van der Waals surface area contributed by atoms with Crippen LogP contribution < -0.4 is 0 Å². The second-order valence-corrected chi connectivity index (χ2v) is 3.94. The molecule has 0 unspecified atom stereocenters. The van der Waals surface area contributed by atoms with Gasteiger partial charge in [0.15, 0.2) is 0 Å². The first-order valence-electron chi connectivity index (χ1n) is 5.86. The summed E-state index contributed by atoms with van der Waals surface area (Å²) < 4.78 is 1.10. The molecule has 3 amide bonds. The van der Waals surface area contributed by atoms with Crippen LogP contribution in [0, 0.1) is 0 Å². The molecule has 0 aliphatic rings. The van der Waals surface area contributed by atoms with E-state index in [1.165, 1.54) is 0 Å². The number of rotatable bonds is 2. The predicted octanol–water partition coefficient (Wildman–Crippen LogP) is 2.18. The summed E-state index contributed by atoms with van der Waals surface area (Å²) in [5.74, 6) is 0. The number of hydrogen-bond donors (Lipinski definition) is 0. The Morgan fingerprint density at radius 2 is 1.09 bits per heavy atom. The third-order valence-corrected chi connectivity index (χ3v) is 2.64. The monoisotopic (exact) mass is 348 g/mol. The fourth-order valence-electron chi connectivity index (χ4n) is 1.15. The van der Waals surface area contributed by atoms with Gasteiger partial charge in [-0.25, -0.2) is 0 Å². The predicted molar refractivity (Wildman–Crippen MR) is 82.8 cm³/mol. The minimum atomic E-state index is 0. The van der Waals surface area contributed by atoms with Crippen molar-refractivity contribution in [3.05, 3.63) is 77.4 Å². The Labute approximate surface area is 145 Å². The first kappa shape index (κ1) is 22.6. The van der Waals surface area contributed by atoms with Crippen molar-refractivity contribution >= 4 is 23.0 Å². The maximum atomic E-state index is 8.47. The third kappa shape index (κ3) is 12.7. The van der Waals surface area contributed by atoms with Gasteiger partial charge in [-0.1, -0.05) is 0 Å². The Bertz CT molecular complexity index is 511. The Morgan fingerprint density at radius 3 is 1.30 bits per heavy atom. The SMILES string of the molecule is [NH-]C=O.[NH-]C=O.[NH-]C=O.[Ti]=[C](c1ccccn1)c1ccccn1. The molecular formula is C14H14N5O3Ti-3. The van der Waals surface area contributed by atoms with Gasteiger partial charge in [0, 0.05) is 19.2 Å². The number of aromatic nitrogens is 2. The Kier molecular flexibility index (Phi) is 17.0. The van der Waals surface area contributed by atoms with Gasteiger partial charge in [-0.3, -0.25) is 0 Å². The van der Waals surface area contributed by atoms with E-state index in [4.69, 9.17) is 31.6 Å². The van der Waals surface area contributed by atoms with Crippen molar-refractivity contribution in [1.82, 2.24) is 9.97 Å². The number of nitrogens with zero attached hydrogens (tertiary/aromatic N) is 2. The Morgan fingerprint density at radius 1 is 0.783 bits per heavy atom. The second kappa shape index (κ2) is 17.3. The summed E-state index contributed by atoms with van der Waals surface area (Å²) in [4.78, 5) is 34.0. The fourth-order valence-corrected chi connectivity index (χ4v) is 1.61. The summed E-state index contributed by atoms with van der Waals surface area (Å²) in [5, 5.41) is 0. The molecular weight excluding hydrogens is 334 g/mol. The molecule has 8 nitrogen and oxygen atoms in total. The third-order valence-electron chi connectivity index (χ3n) is 1.84. The second-order valence-electron chi connectivity index (χ2n) is 3.16. The van der Waals surface area contributed by atoms with E-state index in [2.05, 4.69) is 9.97 Å². The molecule has 0 atom stereocenters. The fraction of sp³-hybridized carbons (Fsp3) is 0. The molecule has 3 N–H and O–H groups in total. The van der Waals surface area contributed by atoms with Crippen LogP contribution in [0.5, 0.6) is 0 Å². The van der Waals surface area contributed by atoms with E-state index < -0.39 is 0 Å². The van der Waals surface area contributed by atoms with Crippen molar-refractivity contribution in [2.45, 2.75) is 0 Å². The summed E-state index contributed by atoms with van der Waals surface area (Å²) >= 11 is 2.03. The summed E-state index contributed by atoms with van der Waals surface area (Å²) in [7, 11) is 0. The van der Waals surface area contributed by atoms with Gasteiger partial charge < -0.3 is 31.6 Å². The summed E-state index contributed by atoms with van der Waals surface area (Å²) in [6.45, 7) is 0. The first-order valence-corrected chi connectivity index (χ1v) is 6.64. The quantitative estimate of drug-likeness (QED) is 0.602. The number of hydrogen-bond acceptors (Lipinski definition) is 5. The van der Waals surface area contributed by atoms with Crippen molar-refractivity contribution in [2.24, 2.45) is 0 Å². The van der Waals surface area contributed by atoms with Crippen LogP contribution in [0.2, 0.25) is 0 Å². The van der Waals surface area contributed by atoms with Crippen LogP contribution in [0.25, 0.3) is 17.2 Å². The van der Waals surface area contributed by atoms with Crippen LogP contribution in [0.4, 0.5) is 0 Å². The molecule has 23 heavy (non-hydrogen) atoms. The van der Waals surface area contributed by atoms with E-state index in [-0.39, 0.29) is 19.2 Å². The molecule has 0 bridgehead atoms. The Hall–Kier alpha value is -2.71. The van der Waals surface area contributed by atoms with Gasteiger partial charge in [0.1, 0.15) is 0 Å². The van der Waals surface area contributed by atoms with Crippen molar-refractivity contribution < 1.29 is 34.4 Å². The van der Waals surface area contributed by atoms with E-state index in [0.29, 0.717) is 0 Å². The van der Waals surface area contributed by atoms with Crippen LogP contribution in [0.1, 0.15) is 11.4 Å². The van der Waals surface area contributed by atoms with Gasteiger partial charge in [0.05, 0.1) is 0 Å². The number of nitrogens with one attached hydrogen (secondary N) is 3. The average Bonchev–Trinajstić information content (AvgIpc) is 2.58. The molecule has 9 heteroatoms. The van der Waals surface area contributed by atoms with Gasteiger partial charge in [-0.15, -0.1) is 0 Å². The standard InChI is InChI=1S/C11H8N2.3CH3NO.Ti/c1-3-7-12-10(5-1)9-11-6-2-4-8-13-11;3*2-1-3;/h1-8H;3*1H,(H2,2,3);/p-3. The normalized spacial score (nSPS) is 7.43. The average molecular weight is 348 g/mol. The molecule has 0 saturated heterocycles. The van der Waals surface area contributed by atoms with Gasteiger partial charge >= 0.3 is 93.9 Å². The molecule has 2 aromatic heterocycles. The van der Waals surface area contributed by atoms with E-state index in [9.17, 15) is 0 Å². The van der Waals surface area contributed by atoms with Gasteiger partial charge in [-0.2, -0.15) is 0 Å². The summed E-state index contributed by atoms with van der Waals surface area (Å²) in [6, 6.07) is 11.8. The zero-order valence-corrected chi connectivity index (χ0v) is 13.5. The van der Waals surface area contributed by atoms with Crippen LogP contribution in [0.3, 0.4) is 0 Å². The molecule has 120 valence electrons. The number of amides is 3. The molecule has 2 aromatic rings. The van der Waals surface area contributed by atoms with Gasteiger partial charge in [-0.05, 0) is 0 Å². The molecule has 0 spiro atoms. The minimum absolute atomic E-state index is 0. The number of pyridine rings is 2. The summed E-state index contributed by atoms with van der Waals surface area (Å²) in [6.07, 6.45) is 3.59. The number of carbonyl (C=O) groups excluding carboxylic acids is 3. The molecule has 2 heterocycles. The summed E-state index contributed by atoms with van der Waals surface area (Å²) in [5.41, 5.74) is 18.5. The molecule has 0 aliphatic heterocycles. The zero-order valence-electron chi connectivity index (χ0n) is 12.0. The van der Waals surface area contributed by atoms with Crippen molar-refractivity contribution in [1.29, 1.82) is 0 Å².